The van der Waals surface area contributed by atoms with Gasteiger partial charge in [-0.1, -0.05) is 0 Å². The third kappa shape index (κ3) is 4.51. The molecule has 0 saturated carbocycles. The normalized spacial score (nSPS) is 15.6. The van der Waals surface area contributed by atoms with Gasteiger partial charge in [0.25, 0.3) is 5.69 Å². The number of rotatable bonds is 7. The predicted molar refractivity (Wildman–Crippen MR) is 103 cm³/mol. The van der Waals surface area contributed by atoms with Gasteiger partial charge in [0.05, 0.1) is 4.92 Å². The van der Waals surface area contributed by atoms with Gasteiger partial charge < -0.3 is 14.8 Å². The van der Waals surface area contributed by atoms with Crippen molar-refractivity contribution in [2.24, 2.45) is 13.0 Å². The Morgan fingerprint density at radius 1 is 1.33 bits per heavy atom. The first-order valence-corrected chi connectivity index (χ1v) is 9.18. The highest BCUT2D eigenvalue weighted by molar-refractivity contribution is 6.07. The Kier molecular flexibility index (Phi) is 5.85. The zero-order chi connectivity index (χ0) is 19.4. The molecule has 144 valence electrons. The molecule has 3 rings (SSSR count). The van der Waals surface area contributed by atoms with E-state index in [2.05, 4.69) is 22.2 Å². The minimum absolute atomic E-state index is 0.0848. The molecule has 8 heteroatoms. The summed E-state index contributed by atoms with van der Waals surface area (Å²) in [7, 11) is 3.85. The van der Waals surface area contributed by atoms with Gasteiger partial charge in [0.2, 0.25) is 5.78 Å². The van der Waals surface area contributed by atoms with E-state index in [-0.39, 0.29) is 22.9 Å². The smallest absolute Gasteiger partial charge is 0.293 e. The summed E-state index contributed by atoms with van der Waals surface area (Å²) in [6.45, 7) is 2.89. The Balaban J connectivity index is 1.68. The number of imidazole rings is 1. The molecule has 2 aromatic rings. The first kappa shape index (κ1) is 19.0. The van der Waals surface area contributed by atoms with Crippen molar-refractivity contribution >= 4 is 17.2 Å². The van der Waals surface area contributed by atoms with Crippen LogP contribution in [0, 0.1) is 16.0 Å². The summed E-state index contributed by atoms with van der Waals surface area (Å²) in [6, 6.07) is 4.56. The van der Waals surface area contributed by atoms with Crippen molar-refractivity contribution in [2.45, 2.75) is 19.3 Å². The molecule has 0 radical (unpaired) electrons. The number of anilines is 1. The average molecular weight is 371 g/mol. The van der Waals surface area contributed by atoms with Crippen LogP contribution in [0.1, 0.15) is 35.4 Å². The number of nitro benzene ring substituents is 1. The largest absolute Gasteiger partial charge is 0.379 e. The summed E-state index contributed by atoms with van der Waals surface area (Å²) >= 11 is 0. The molecule has 0 spiro atoms. The Labute approximate surface area is 158 Å². The van der Waals surface area contributed by atoms with Gasteiger partial charge in [0, 0.05) is 37.6 Å². The van der Waals surface area contributed by atoms with Crippen LogP contribution >= 0.6 is 0 Å². The van der Waals surface area contributed by atoms with Gasteiger partial charge in [-0.05, 0) is 57.5 Å². The SMILES string of the molecule is CN1CCC(CCNc2ccc(C(=O)c3nccn3C)cc2[N+](=O)[O-])CC1. The summed E-state index contributed by atoms with van der Waals surface area (Å²) in [4.78, 5) is 29.9. The lowest BCUT2D eigenvalue weighted by Crippen LogP contribution is -2.30. The molecule has 1 aliphatic heterocycles. The van der Waals surface area contributed by atoms with Crippen LogP contribution in [-0.4, -0.2) is 51.8 Å². The molecule has 0 atom stereocenters. The van der Waals surface area contributed by atoms with Crippen molar-refractivity contribution in [1.29, 1.82) is 0 Å². The van der Waals surface area contributed by atoms with Gasteiger partial charge in [0.15, 0.2) is 5.82 Å². The van der Waals surface area contributed by atoms with E-state index in [0.29, 0.717) is 18.2 Å². The van der Waals surface area contributed by atoms with Crippen molar-refractivity contribution < 1.29 is 9.72 Å². The molecule has 1 aliphatic rings. The topological polar surface area (TPSA) is 93.3 Å². The van der Waals surface area contributed by atoms with E-state index in [4.69, 9.17) is 0 Å². The molecule has 0 aliphatic carbocycles. The molecule has 0 unspecified atom stereocenters. The fraction of sp³-hybridized carbons (Fsp3) is 0.474. The second-order valence-corrected chi connectivity index (χ2v) is 7.14. The number of likely N-dealkylation sites (tertiary alicyclic amines) is 1. The average Bonchev–Trinajstić information content (AvgIpc) is 3.08. The fourth-order valence-corrected chi connectivity index (χ4v) is 3.45. The number of carbonyl (C=O) groups excluding carboxylic acids is 1. The summed E-state index contributed by atoms with van der Waals surface area (Å²) in [6.07, 6.45) is 6.51. The fourth-order valence-electron chi connectivity index (χ4n) is 3.45. The van der Waals surface area contributed by atoms with Crippen LogP contribution in [0.3, 0.4) is 0 Å². The molecule has 1 N–H and O–H groups in total. The lowest BCUT2D eigenvalue weighted by atomic mass is 9.94. The molecular formula is C19H25N5O3. The summed E-state index contributed by atoms with van der Waals surface area (Å²) in [5.74, 6) is 0.577. The van der Waals surface area contributed by atoms with Crippen LogP contribution in [0.15, 0.2) is 30.6 Å². The minimum atomic E-state index is -0.451. The number of aryl methyl sites for hydroxylation is 1. The molecule has 2 heterocycles. The predicted octanol–water partition coefficient (Wildman–Crippen LogP) is 2.70. The maximum atomic E-state index is 12.5. The molecule has 8 nitrogen and oxygen atoms in total. The summed E-state index contributed by atoms with van der Waals surface area (Å²) in [5, 5.41) is 14.7. The van der Waals surface area contributed by atoms with Crippen molar-refractivity contribution in [3.8, 4) is 0 Å². The van der Waals surface area contributed by atoms with E-state index in [1.54, 1.807) is 29.9 Å². The van der Waals surface area contributed by atoms with Gasteiger partial charge >= 0.3 is 0 Å². The van der Waals surface area contributed by atoms with Gasteiger partial charge in [0.1, 0.15) is 5.69 Å². The summed E-state index contributed by atoms with van der Waals surface area (Å²) in [5.41, 5.74) is 0.625. The number of hydrogen-bond donors (Lipinski definition) is 1. The number of piperidine rings is 1. The van der Waals surface area contributed by atoms with Crippen molar-refractivity contribution in [3.05, 3.63) is 52.1 Å². The van der Waals surface area contributed by atoms with Crippen molar-refractivity contribution in [2.75, 3.05) is 32.0 Å². The van der Waals surface area contributed by atoms with E-state index in [0.717, 1.165) is 32.4 Å². The van der Waals surface area contributed by atoms with E-state index < -0.39 is 4.92 Å². The number of ketones is 1. The van der Waals surface area contributed by atoms with Crippen LogP contribution in [0.5, 0.6) is 0 Å². The standard InChI is InChI=1S/C19H25N5O3/c1-22-10-6-14(7-11-22)5-8-20-16-4-3-15(13-17(16)24(26)27)18(25)19-21-9-12-23(19)2/h3-4,9,12-14,20H,5-8,10-11H2,1-2H3. The van der Waals surface area contributed by atoms with E-state index in [9.17, 15) is 14.9 Å². The Morgan fingerprint density at radius 3 is 2.70 bits per heavy atom. The highest BCUT2D eigenvalue weighted by Gasteiger charge is 2.21. The summed E-state index contributed by atoms with van der Waals surface area (Å²) < 4.78 is 1.60. The van der Waals surface area contributed by atoms with Crippen LogP contribution in [0.2, 0.25) is 0 Å². The van der Waals surface area contributed by atoms with Gasteiger partial charge in [-0.25, -0.2) is 4.98 Å². The maximum absolute atomic E-state index is 12.5. The number of nitro groups is 1. The van der Waals surface area contributed by atoms with Crippen LogP contribution in [0.25, 0.3) is 0 Å². The van der Waals surface area contributed by atoms with E-state index in [1.807, 2.05) is 0 Å². The van der Waals surface area contributed by atoms with E-state index >= 15 is 0 Å². The Bertz CT molecular complexity index is 825. The molecule has 27 heavy (non-hydrogen) atoms. The molecule has 0 bridgehead atoms. The minimum Gasteiger partial charge on any atom is -0.379 e. The number of aromatic nitrogens is 2. The zero-order valence-corrected chi connectivity index (χ0v) is 15.7. The van der Waals surface area contributed by atoms with Crippen molar-refractivity contribution in [1.82, 2.24) is 14.5 Å². The zero-order valence-electron chi connectivity index (χ0n) is 15.7. The number of nitrogens with one attached hydrogen (secondary N) is 1. The van der Waals surface area contributed by atoms with Gasteiger partial charge in [-0.3, -0.25) is 14.9 Å². The molecular weight excluding hydrogens is 346 g/mol. The van der Waals surface area contributed by atoms with Crippen LogP contribution in [-0.2, 0) is 7.05 Å². The lowest BCUT2D eigenvalue weighted by Gasteiger charge is -2.28. The highest BCUT2D eigenvalue weighted by Crippen LogP contribution is 2.27. The number of benzene rings is 1. The molecule has 1 saturated heterocycles. The number of carbonyl (C=O) groups is 1. The van der Waals surface area contributed by atoms with Crippen LogP contribution < -0.4 is 5.32 Å². The monoisotopic (exact) mass is 371 g/mol. The van der Waals surface area contributed by atoms with E-state index in [1.165, 1.54) is 12.3 Å². The highest BCUT2D eigenvalue weighted by atomic mass is 16.6. The number of nitrogens with zero attached hydrogens (tertiary/aromatic N) is 4. The second kappa shape index (κ2) is 8.30. The first-order chi connectivity index (χ1) is 13.0. The van der Waals surface area contributed by atoms with Crippen molar-refractivity contribution in [3.63, 3.8) is 0 Å². The lowest BCUT2D eigenvalue weighted by molar-refractivity contribution is -0.384. The molecule has 1 fully saturated rings. The van der Waals surface area contributed by atoms with Crippen LogP contribution in [0.4, 0.5) is 11.4 Å². The maximum Gasteiger partial charge on any atom is 0.293 e. The first-order valence-electron chi connectivity index (χ1n) is 9.18. The third-order valence-corrected chi connectivity index (χ3v) is 5.19. The van der Waals surface area contributed by atoms with Gasteiger partial charge in [-0.15, -0.1) is 0 Å². The Morgan fingerprint density at radius 2 is 2.07 bits per heavy atom. The molecule has 1 aromatic heterocycles. The third-order valence-electron chi connectivity index (χ3n) is 5.19. The van der Waals surface area contributed by atoms with Gasteiger partial charge in [-0.2, -0.15) is 0 Å². The number of hydrogen-bond acceptors (Lipinski definition) is 6. The quantitative estimate of drug-likeness (QED) is 0.457. The molecule has 1 aromatic carbocycles. The Hall–Kier alpha value is -2.74. The second-order valence-electron chi connectivity index (χ2n) is 7.14. The molecule has 0 amide bonds.